The Hall–Kier alpha value is -2.57. The first-order chi connectivity index (χ1) is 13.5. The van der Waals surface area contributed by atoms with E-state index in [0.717, 1.165) is 16.8 Å². The average Bonchev–Trinajstić information content (AvgIpc) is 2.96. The van der Waals surface area contributed by atoms with Crippen molar-refractivity contribution in [1.82, 2.24) is 19.8 Å². The van der Waals surface area contributed by atoms with E-state index in [-0.39, 0.29) is 29.8 Å². The molecule has 2 aliphatic rings. The maximum Gasteiger partial charge on any atom is 0.410 e. The van der Waals surface area contributed by atoms with Gasteiger partial charge in [-0.05, 0) is 65.5 Å². The fourth-order valence-corrected chi connectivity index (χ4v) is 4.48. The minimum Gasteiger partial charge on any atom is -0.444 e. The average molecular weight is 399 g/mol. The summed E-state index contributed by atoms with van der Waals surface area (Å²) in [6, 6.07) is 6.04. The number of carbonyl (C=O) groups excluding carboxylic acids is 2. The molecule has 4 rings (SSSR count). The van der Waals surface area contributed by atoms with E-state index in [1.54, 1.807) is 4.90 Å². The Kier molecular flexibility index (Phi) is 4.40. The highest BCUT2D eigenvalue weighted by Gasteiger charge is 2.61. The maximum atomic E-state index is 13.0. The van der Waals surface area contributed by atoms with E-state index in [9.17, 15) is 9.59 Å². The van der Waals surface area contributed by atoms with Gasteiger partial charge in [-0.1, -0.05) is 6.07 Å². The number of amides is 2. The van der Waals surface area contributed by atoms with E-state index in [4.69, 9.17) is 4.74 Å². The highest BCUT2D eigenvalue weighted by molar-refractivity contribution is 5.84. The number of piperidine rings is 1. The van der Waals surface area contributed by atoms with Crippen LogP contribution in [0.3, 0.4) is 0 Å². The zero-order chi connectivity index (χ0) is 21.1. The van der Waals surface area contributed by atoms with Gasteiger partial charge in [0.2, 0.25) is 5.91 Å². The second-order valence-corrected chi connectivity index (χ2v) is 9.88. The quantitative estimate of drug-likeness (QED) is 0.862. The number of hydrogen-bond donors (Lipinski definition) is 1. The van der Waals surface area contributed by atoms with E-state index >= 15 is 0 Å². The zero-order valence-corrected chi connectivity index (χ0v) is 18.0. The summed E-state index contributed by atoms with van der Waals surface area (Å²) >= 11 is 0. The number of fused-ring (bicyclic) bond motifs is 2. The predicted octanol–water partition coefficient (Wildman–Crippen LogP) is 3.11. The molecule has 3 atom stereocenters. The molecule has 0 bridgehead atoms. The van der Waals surface area contributed by atoms with Gasteiger partial charge in [0.05, 0.1) is 17.3 Å². The molecule has 2 aromatic heterocycles. The van der Waals surface area contributed by atoms with Crippen molar-refractivity contribution < 1.29 is 14.3 Å². The Morgan fingerprint density at radius 2 is 1.79 bits per heavy atom. The van der Waals surface area contributed by atoms with Gasteiger partial charge in [0.25, 0.3) is 0 Å². The largest absolute Gasteiger partial charge is 0.444 e. The van der Waals surface area contributed by atoms with Gasteiger partial charge in [-0.3, -0.25) is 4.79 Å². The number of carbonyl (C=O) groups is 2. The van der Waals surface area contributed by atoms with Crippen molar-refractivity contribution in [2.75, 3.05) is 13.1 Å². The third-order valence-electron chi connectivity index (χ3n) is 5.99. The SMILES string of the molecule is Cc1cccc2c(C(C)(C)NC(=O)[C@H]3[C@@H]4CN(C(=O)OC(C)(C)C)C[C@@H]43)cnn12. The van der Waals surface area contributed by atoms with Crippen LogP contribution in [-0.2, 0) is 15.1 Å². The second kappa shape index (κ2) is 6.47. The van der Waals surface area contributed by atoms with Crippen LogP contribution in [0.5, 0.6) is 0 Å². The van der Waals surface area contributed by atoms with E-state index in [1.807, 2.05) is 70.5 Å². The fourth-order valence-electron chi connectivity index (χ4n) is 4.48. The Morgan fingerprint density at radius 3 is 2.41 bits per heavy atom. The first-order valence-corrected chi connectivity index (χ1v) is 10.2. The van der Waals surface area contributed by atoms with Gasteiger partial charge in [-0.2, -0.15) is 5.10 Å². The van der Waals surface area contributed by atoms with Crippen LogP contribution in [0.4, 0.5) is 4.79 Å². The molecular formula is C22H30N4O3. The lowest BCUT2D eigenvalue weighted by atomic mass is 9.95. The summed E-state index contributed by atoms with van der Waals surface area (Å²) in [5.41, 5.74) is 2.01. The smallest absolute Gasteiger partial charge is 0.410 e. The Bertz CT molecular complexity index is 960. The number of rotatable bonds is 3. The molecule has 2 amide bonds. The molecule has 0 radical (unpaired) electrons. The molecule has 2 aromatic rings. The van der Waals surface area contributed by atoms with Crippen molar-refractivity contribution in [2.45, 2.75) is 52.7 Å². The van der Waals surface area contributed by atoms with Crippen molar-refractivity contribution >= 4 is 17.5 Å². The number of pyridine rings is 1. The molecule has 2 fully saturated rings. The first kappa shape index (κ1) is 19.7. The molecule has 7 heteroatoms. The standard InChI is InChI=1S/C22H30N4O3/c1-13-8-7-9-17-16(10-23-26(13)17)22(5,6)24-19(27)18-14-11-25(12-15(14)18)20(28)29-21(2,3)4/h7-10,14-15,18H,11-12H2,1-6H3,(H,24,27)/t14-,15+,18+. The number of nitrogens with one attached hydrogen (secondary N) is 1. The van der Waals surface area contributed by atoms with E-state index in [0.29, 0.717) is 13.1 Å². The van der Waals surface area contributed by atoms with Gasteiger partial charge in [-0.25, -0.2) is 9.31 Å². The van der Waals surface area contributed by atoms with E-state index in [2.05, 4.69) is 10.4 Å². The van der Waals surface area contributed by atoms with E-state index < -0.39 is 11.1 Å². The van der Waals surface area contributed by atoms with E-state index in [1.165, 1.54) is 0 Å². The summed E-state index contributed by atoms with van der Waals surface area (Å²) in [5.74, 6) is 0.478. The number of hydrogen-bond acceptors (Lipinski definition) is 4. The summed E-state index contributed by atoms with van der Waals surface area (Å²) < 4.78 is 7.34. The highest BCUT2D eigenvalue weighted by Crippen LogP contribution is 2.52. The van der Waals surface area contributed by atoms with Crippen LogP contribution < -0.4 is 5.32 Å². The summed E-state index contributed by atoms with van der Waals surface area (Å²) in [5, 5.41) is 7.69. The fraction of sp³-hybridized carbons (Fsp3) is 0.591. The number of nitrogens with zero attached hydrogens (tertiary/aromatic N) is 3. The molecule has 0 spiro atoms. The molecule has 7 nitrogen and oxygen atoms in total. The van der Waals surface area contributed by atoms with Crippen LogP contribution in [-0.4, -0.2) is 45.2 Å². The molecule has 29 heavy (non-hydrogen) atoms. The third-order valence-corrected chi connectivity index (χ3v) is 5.99. The first-order valence-electron chi connectivity index (χ1n) is 10.2. The number of ether oxygens (including phenoxy) is 1. The minimum atomic E-state index is -0.533. The molecule has 3 heterocycles. The zero-order valence-electron chi connectivity index (χ0n) is 18.0. The van der Waals surface area contributed by atoms with Crippen molar-refractivity contribution in [3.8, 4) is 0 Å². The normalized spacial score (nSPS) is 23.8. The van der Waals surface area contributed by atoms with Crippen molar-refractivity contribution in [1.29, 1.82) is 0 Å². The van der Waals surface area contributed by atoms with Crippen LogP contribution in [0, 0.1) is 24.7 Å². The van der Waals surface area contributed by atoms with Crippen molar-refractivity contribution in [3.05, 3.63) is 35.7 Å². The number of aryl methyl sites for hydroxylation is 1. The lowest BCUT2D eigenvalue weighted by molar-refractivity contribution is -0.125. The van der Waals surface area contributed by atoms with Crippen LogP contribution in [0.25, 0.3) is 5.52 Å². The predicted molar refractivity (Wildman–Crippen MR) is 109 cm³/mol. The third kappa shape index (κ3) is 3.58. The summed E-state index contributed by atoms with van der Waals surface area (Å²) in [4.78, 5) is 26.9. The van der Waals surface area contributed by atoms with Crippen molar-refractivity contribution in [3.63, 3.8) is 0 Å². The molecule has 1 aliphatic carbocycles. The minimum absolute atomic E-state index is 0.0310. The highest BCUT2D eigenvalue weighted by atomic mass is 16.6. The lowest BCUT2D eigenvalue weighted by Crippen LogP contribution is -2.44. The van der Waals surface area contributed by atoms with Gasteiger partial charge >= 0.3 is 6.09 Å². The van der Waals surface area contributed by atoms with Gasteiger partial charge in [0.1, 0.15) is 5.60 Å². The summed E-state index contributed by atoms with van der Waals surface area (Å²) in [6.07, 6.45) is 1.55. The van der Waals surface area contributed by atoms with Gasteiger partial charge in [0, 0.05) is 30.3 Å². The Labute approximate surface area is 171 Å². The Morgan fingerprint density at radius 1 is 1.14 bits per heavy atom. The van der Waals surface area contributed by atoms with Crippen LogP contribution in [0.2, 0.25) is 0 Å². The van der Waals surface area contributed by atoms with Crippen LogP contribution in [0.1, 0.15) is 45.9 Å². The molecule has 0 aromatic carbocycles. The molecule has 1 N–H and O–H groups in total. The molecule has 1 saturated heterocycles. The molecule has 1 aliphatic heterocycles. The second-order valence-electron chi connectivity index (χ2n) is 9.88. The van der Waals surface area contributed by atoms with Crippen molar-refractivity contribution in [2.24, 2.45) is 17.8 Å². The molecule has 156 valence electrons. The topological polar surface area (TPSA) is 75.9 Å². The number of aromatic nitrogens is 2. The monoisotopic (exact) mass is 398 g/mol. The van der Waals surface area contributed by atoms with Gasteiger partial charge < -0.3 is 15.0 Å². The molecule has 0 unspecified atom stereocenters. The maximum absolute atomic E-state index is 13.0. The lowest BCUT2D eigenvalue weighted by Gasteiger charge is -2.28. The summed E-state index contributed by atoms with van der Waals surface area (Å²) in [6.45, 7) is 12.8. The van der Waals surface area contributed by atoms with Crippen LogP contribution >= 0.6 is 0 Å². The Balaban J connectivity index is 1.40. The number of likely N-dealkylation sites (tertiary alicyclic amines) is 1. The van der Waals surface area contributed by atoms with Gasteiger partial charge in [0.15, 0.2) is 0 Å². The van der Waals surface area contributed by atoms with Gasteiger partial charge in [-0.15, -0.1) is 0 Å². The van der Waals surface area contributed by atoms with Crippen LogP contribution in [0.15, 0.2) is 24.4 Å². The molecular weight excluding hydrogens is 368 g/mol. The molecule has 1 saturated carbocycles. The summed E-state index contributed by atoms with van der Waals surface area (Å²) in [7, 11) is 0.